The summed E-state index contributed by atoms with van der Waals surface area (Å²) in [6.07, 6.45) is 1.13. The maximum absolute atomic E-state index is 5.34. The molecule has 4 aromatic heterocycles. The molecule has 0 unspecified atom stereocenters. The molecule has 0 atom stereocenters. The van der Waals surface area contributed by atoms with Gasteiger partial charge in [0.1, 0.15) is 5.65 Å². The van der Waals surface area contributed by atoms with Gasteiger partial charge in [0.15, 0.2) is 0 Å². The Morgan fingerprint density at radius 1 is 0.750 bits per heavy atom. The first kappa shape index (κ1) is 28.9. The number of hydrogen-bond donors (Lipinski definition) is 0. The molecule has 0 fully saturated rings. The van der Waals surface area contributed by atoms with Crippen LogP contribution in [0.5, 0.6) is 0 Å². The van der Waals surface area contributed by atoms with Gasteiger partial charge in [-0.05, 0) is 67.1 Å². The van der Waals surface area contributed by atoms with E-state index in [1.54, 1.807) is 0 Å². The minimum absolute atomic E-state index is 0. The van der Waals surface area contributed by atoms with E-state index in [1.807, 2.05) is 18.2 Å². The van der Waals surface area contributed by atoms with Crippen molar-refractivity contribution >= 4 is 38.5 Å². The van der Waals surface area contributed by atoms with E-state index in [4.69, 9.17) is 15.0 Å². The first-order valence-electron chi connectivity index (χ1n) is 15.1. The van der Waals surface area contributed by atoms with Crippen LogP contribution in [0.1, 0.15) is 70.5 Å². The van der Waals surface area contributed by atoms with Gasteiger partial charge >= 0.3 is 21.1 Å². The molecule has 4 nitrogen and oxygen atoms in total. The number of nitrogens with zero attached hydrogens (tertiary/aromatic N) is 4. The Labute approximate surface area is 272 Å². The van der Waals surface area contributed by atoms with Gasteiger partial charge in [0, 0.05) is 27.8 Å². The first-order valence-corrected chi connectivity index (χ1v) is 15.1. The van der Waals surface area contributed by atoms with Crippen molar-refractivity contribution in [1.29, 1.82) is 0 Å². The predicted molar refractivity (Wildman–Crippen MR) is 176 cm³/mol. The number of pyridine rings is 3. The zero-order valence-corrected chi connectivity index (χ0v) is 28.2. The summed E-state index contributed by atoms with van der Waals surface area (Å²) in [5.74, 6) is 0. The van der Waals surface area contributed by atoms with E-state index in [-0.39, 0.29) is 31.9 Å². The number of rotatable bonds is 3. The van der Waals surface area contributed by atoms with E-state index in [0.717, 1.165) is 67.6 Å². The van der Waals surface area contributed by atoms with Gasteiger partial charge in [-0.15, -0.1) is 64.5 Å². The molecule has 7 aromatic rings. The van der Waals surface area contributed by atoms with Crippen molar-refractivity contribution in [3.63, 3.8) is 0 Å². The molecule has 44 heavy (non-hydrogen) atoms. The van der Waals surface area contributed by atoms with Crippen molar-refractivity contribution in [2.75, 3.05) is 0 Å². The van der Waals surface area contributed by atoms with Gasteiger partial charge in [0.25, 0.3) is 0 Å². The fourth-order valence-corrected chi connectivity index (χ4v) is 7.55. The van der Waals surface area contributed by atoms with Gasteiger partial charge in [-0.2, -0.15) is 0 Å². The Morgan fingerprint density at radius 3 is 2.36 bits per heavy atom. The molecule has 0 saturated heterocycles. The van der Waals surface area contributed by atoms with Crippen LogP contribution in [-0.4, -0.2) is 19.4 Å². The van der Waals surface area contributed by atoms with Crippen LogP contribution in [0.2, 0.25) is 0 Å². The van der Waals surface area contributed by atoms with Crippen LogP contribution in [0.25, 0.3) is 49.7 Å². The monoisotopic (exact) mass is 753 g/mol. The van der Waals surface area contributed by atoms with Gasteiger partial charge in [-0.1, -0.05) is 57.3 Å². The standard InChI is InChI=1S/C39H34N4.Pt/c1-37(2)23-38(3,4)28-22-24(18-19-27(28)37)29-15-11-17-33(40-29)39(5,6)34-21-20-32-35(42-34)25-12-7-8-13-26(25)36-41-30-14-9-10-16-31(30)43(32)36;/h7-11,13-17,19-22H,23H2,1-6H3;/q-2;+2. The summed E-state index contributed by atoms with van der Waals surface area (Å²) in [5.41, 5.74) is 11.5. The Balaban J connectivity index is 0.00000312. The summed E-state index contributed by atoms with van der Waals surface area (Å²) in [4.78, 5) is 15.6. The minimum atomic E-state index is -0.435. The SMILES string of the molecule is CC1(C)CC(C)(C)c2cc(-c3cccc(C(C)(C)c4ccc5c(n4)c4[c-]cccc4c4nc6ccccc6n54)n3)[c-]cc21.[Pt+2]. The Kier molecular flexibility index (Phi) is 6.44. The van der Waals surface area contributed by atoms with Gasteiger partial charge in [0.05, 0.1) is 11.0 Å². The molecule has 0 aliphatic heterocycles. The fraction of sp³-hybridized carbons (Fsp3) is 0.256. The number of aromatic nitrogens is 4. The van der Waals surface area contributed by atoms with E-state index in [0.29, 0.717) is 0 Å². The Hall–Kier alpha value is -3.88. The summed E-state index contributed by atoms with van der Waals surface area (Å²) in [5, 5.41) is 2.03. The van der Waals surface area contributed by atoms with Crippen LogP contribution >= 0.6 is 0 Å². The normalized spacial score (nSPS) is 15.6. The third-order valence-electron chi connectivity index (χ3n) is 9.61. The molecule has 0 radical (unpaired) electrons. The molecular formula is C39H34N4Pt. The molecule has 3 aromatic carbocycles. The number of para-hydroxylation sites is 2. The quantitative estimate of drug-likeness (QED) is 0.134. The summed E-state index contributed by atoms with van der Waals surface area (Å²) < 4.78 is 2.23. The molecule has 0 amide bonds. The average molecular weight is 754 g/mol. The molecule has 4 heterocycles. The molecule has 0 bridgehead atoms. The van der Waals surface area contributed by atoms with Gasteiger partial charge in [0.2, 0.25) is 0 Å². The molecule has 0 spiro atoms. The van der Waals surface area contributed by atoms with Crippen molar-refractivity contribution in [2.24, 2.45) is 0 Å². The van der Waals surface area contributed by atoms with E-state index < -0.39 is 5.41 Å². The van der Waals surface area contributed by atoms with Crippen molar-refractivity contribution < 1.29 is 21.1 Å². The van der Waals surface area contributed by atoms with E-state index in [2.05, 4.69) is 125 Å². The van der Waals surface area contributed by atoms with Gasteiger partial charge < -0.3 is 9.38 Å². The number of hydrogen-bond acceptors (Lipinski definition) is 3. The zero-order valence-electron chi connectivity index (χ0n) is 25.9. The smallest absolute Gasteiger partial charge is 0.307 e. The third kappa shape index (κ3) is 4.18. The number of imidazole rings is 1. The Morgan fingerprint density at radius 2 is 1.52 bits per heavy atom. The molecule has 8 rings (SSSR count). The summed E-state index contributed by atoms with van der Waals surface area (Å²) in [6.45, 7) is 13.8. The molecule has 0 N–H and O–H groups in total. The van der Waals surface area contributed by atoms with Gasteiger partial charge in [-0.3, -0.25) is 4.98 Å². The summed E-state index contributed by atoms with van der Waals surface area (Å²) >= 11 is 0. The van der Waals surface area contributed by atoms with E-state index >= 15 is 0 Å². The second kappa shape index (κ2) is 9.81. The Bertz CT molecular complexity index is 2260. The maximum Gasteiger partial charge on any atom is 2.00 e. The molecular weight excluding hydrogens is 720 g/mol. The number of benzene rings is 3. The molecule has 5 heteroatoms. The molecule has 0 saturated carbocycles. The number of fused-ring (bicyclic) bond motifs is 9. The summed E-state index contributed by atoms with van der Waals surface area (Å²) in [7, 11) is 0. The van der Waals surface area contributed by atoms with E-state index in [1.165, 1.54) is 11.1 Å². The maximum atomic E-state index is 5.34. The molecule has 1 aliphatic rings. The van der Waals surface area contributed by atoms with Crippen molar-refractivity contribution in [2.45, 2.75) is 64.2 Å². The molecule has 220 valence electrons. The third-order valence-corrected chi connectivity index (χ3v) is 9.61. The second-order valence-corrected chi connectivity index (χ2v) is 13.9. The van der Waals surface area contributed by atoms with Crippen LogP contribution in [0.4, 0.5) is 0 Å². The van der Waals surface area contributed by atoms with Gasteiger partial charge in [-0.25, -0.2) is 4.98 Å². The molecule has 1 aliphatic carbocycles. The van der Waals surface area contributed by atoms with Crippen LogP contribution in [0.3, 0.4) is 0 Å². The van der Waals surface area contributed by atoms with Crippen LogP contribution < -0.4 is 0 Å². The van der Waals surface area contributed by atoms with Crippen LogP contribution in [0, 0.1) is 12.1 Å². The fourth-order valence-electron chi connectivity index (χ4n) is 7.55. The first-order chi connectivity index (χ1) is 20.5. The zero-order chi connectivity index (χ0) is 29.7. The summed E-state index contributed by atoms with van der Waals surface area (Å²) in [6, 6.07) is 36.6. The minimum Gasteiger partial charge on any atom is -0.307 e. The van der Waals surface area contributed by atoms with Crippen LogP contribution in [0.15, 0.2) is 84.9 Å². The largest absolute Gasteiger partial charge is 2.00 e. The predicted octanol–water partition coefficient (Wildman–Crippen LogP) is 9.13. The average Bonchev–Trinajstić information content (AvgIpc) is 3.48. The van der Waals surface area contributed by atoms with Crippen LogP contribution in [-0.2, 0) is 37.3 Å². The topological polar surface area (TPSA) is 43.1 Å². The van der Waals surface area contributed by atoms with E-state index in [9.17, 15) is 0 Å². The second-order valence-electron chi connectivity index (χ2n) is 13.9. The van der Waals surface area contributed by atoms with Crippen molar-refractivity contribution in [3.8, 4) is 11.3 Å². The van der Waals surface area contributed by atoms with Crippen molar-refractivity contribution in [3.05, 3.63) is 120 Å². The van der Waals surface area contributed by atoms with Crippen molar-refractivity contribution in [1.82, 2.24) is 19.4 Å².